The summed E-state index contributed by atoms with van der Waals surface area (Å²) in [7, 11) is 1.58. The predicted octanol–water partition coefficient (Wildman–Crippen LogP) is 3.45. The number of carbonyl (C=O) groups is 2. The van der Waals surface area contributed by atoms with E-state index in [4.69, 9.17) is 4.74 Å². The molecular weight excluding hydrogens is 436 g/mol. The zero-order valence-electron chi connectivity index (χ0n) is 16.6. The third kappa shape index (κ3) is 6.01. The van der Waals surface area contributed by atoms with Gasteiger partial charge in [-0.1, -0.05) is 6.07 Å². The van der Waals surface area contributed by atoms with Crippen LogP contribution in [0.25, 0.3) is 0 Å². The summed E-state index contributed by atoms with van der Waals surface area (Å²) >= 11 is 3.33. The van der Waals surface area contributed by atoms with Gasteiger partial charge in [-0.05, 0) is 72.1 Å². The third-order valence-corrected chi connectivity index (χ3v) is 5.32. The molecule has 0 radical (unpaired) electrons. The quantitative estimate of drug-likeness (QED) is 0.689. The second kappa shape index (κ2) is 9.84. The van der Waals surface area contributed by atoms with Crippen LogP contribution in [0.3, 0.4) is 0 Å². The molecule has 0 aliphatic carbocycles. The van der Waals surface area contributed by atoms with Gasteiger partial charge in [0.2, 0.25) is 11.8 Å². The van der Waals surface area contributed by atoms with Crippen molar-refractivity contribution in [2.24, 2.45) is 5.92 Å². The largest absolute Gasteiger partial charge is 0.495 e. The van der Waals surface area contributed by atoms with Crippen LogP contribution in [0.4, 0.5) is 11.5 Å². The van der Waals surface area contributed by atoms with E-state index in [1.54, 1.807) is 19.4 Å². The first-order chi connectivity index (χ1) is 13.9. The number of nitrogens with zero attached hydrogens (tertiary/aromatic N) is 2. The van der Waals surface area contributed by atoms with Crippen LogP contribution >= 0.6 is 15.9 Å². The summed E-state index contributed by atoms with van der Waals surface area (Å²) in [6, 6.07) is 9.24. The van der Waals surface area contributed by atoms with E-state index >= 15 is 0 Å². The minimum absolute atomic E-state index is 0.0646. The number of anilines is 2. The fourth-order valence-electron chi connectivity index (χ4n) is 3.40. The highest BCUT2D eigenvalue weighted by Gasteiger charge is 2.27. The molecule has 2 aromatic rings. The van der Waals surface area contributed by atoms with Crippen LogP contribution in [0.1, 0.15) is 18.4 Å². The van der Waals surface area contributed by atoms with Crippen molar-refractivity contribution in [2.45, 2.75) is 19.8 Å². The maximum absolute atomic E-state index is 12.6. The number of amides is 2. The van der Waals surface area contributed by atoms with Crippen LogP contribution in [-0.4, -0.2) is 48.4 Å². The van der Waals surface area contributed by atoms with E-state index in [0.717, 1.165) is 29.4 Å². The van der Waals surface area contributed by atoms with E-state index in [1.807, 2.05) is 36.1 Å². The predicted molar refractivity (Wildman–Crippen MR) is 116 cm³/mol. The van der Waals surface area contributed by atoms with Gasteiger partial charge in [-0.15, -0.1) is 0 Å². The standard InChI is InChI=1S/C21H25BrN4O3/c1-14-5-7-18(29-2)17(10-14)24-20(27)13-26-9-3-4-15(12-26)21(28)25-19-8-6-16(22)11-23-19/h5-8,10-11,15H,3-4,9,12-13H2,1-2H3,(H,24,27)(H,23,25,28). The van der Waals surface area contributed by atoms with Crippen molar-refractivity contribution in [3.63, 3.8) is 0 Å². The van der Waals surface area contributed by atoms with E-state index in [-0.39, 0.29) is 24.3 Å². The molecule has 0 bridgehead atoms. The van der Waals surface area contributed by atoms with Gasteiger partial charge in [-0.2, -0.15) is 0 Å². The Bertz CT molecular complexity index is 873. The second-order valence-electron chi connectivity index (χ2n) is 7.18. The summed E-state index contributed by atoms with van der Waals surface area (Å²) < 4.78 is 6.17. The van der Waals surface area contributed by atoms with Crippen LogP contribution in [0.15, 0.2) is 41.0 Å². The van der Waals surface area contributed by atoms with E-state index in [9.17, 15) is 9.59 Å². The fourth-order valence-corrected chi connectivity index (χ4v) is 3.64. The van der Waals surface area contributed by atoms with Crippen molar-refractivity contribution in [1.82, 2.24) is 9.88 Å². The van der Waals surface area contributed by atoms with Gasteiger partial charge >= 0.3 is 0 Å². The van der Waals surface area contributed by atoms with Crippen molar-refractivity contribution in [3.05, 3.63) is 46.6 Å². The second-order valence-corrected chi connectivity index (χ2v) is 8.09. The molecule has 7 nitrogen and oxygen atoms in total. The number of pyridine rings is 1. The molecule has 1 saturated heterocycles. The SMILES string of the molecule is COc1ccc(C)cc1NC(=O)CN1CCCC(C(=O)Nc2ccc(Br)cn2)C1. The molecule has 0 saturated carbocycles. The number of methoxy groups -OCH3 is 1. The zero-order valence-corrected chi connectivity index (χ0v) is 18.2. The van der Waals surface area contributed by atoms with Gasteiger partial charge in [0.15, 0.2) is 0 Å². The summed E-state index contributed by atoms with van der Waals surface area (Å²) in [5.41, 5.74) is 1.70. The number of hydrogen-bond donors (Lipinski definition) is 2. The Balaban J connectivity index is 1.55. The van der Waals surface area contributed by atoms with Crippen molar-refractivity contribution in [2.75, 3.05) is 37.4 Å². The highest BCUT2D eigenvalue weighted by molar-refractivity contribution is 9.10. The number of carbonyl (C=O) groups excluding carboxylic acids is 2. The van der Waals surface area contributed by atoms with Gasteiger partial charge in [-0.25, -0.2) is 4.98 Å². The Morgan fingerprint density at radius 3 is 2.83 bits per heavy atom. The van der Waals surface area contributed by atoms with Gasteiger partial charge in [0.25, 0.3) is 0 Å². The van der Waals surface area contributed by atoms with Gasteiger partial charge < -0.3 is 15.4 Å². The number of nitrogens with one attached hydrogen (secondary N) is 2. The molecule has 29 heavy (non-hydrogen) atoms. The van der Waals surface area contributed by atoms with E-state index in [0.29, 0.717) is 23.8 Å². The van der Waals surface area contributed by atoms with Crippen molar-refractivity contribution in [3.8, 4) is 5.75 Å². The fraction of sp³-hybridized carbons (Fsp3) is 0.381. The average molecular weight is 461 g/mol. The number of likely N-dealkylation sites (tertiary alicyclic amines) is 1. The number of hydrogen-bond acceptors (Lipinski definition) is 5. The minimum Gasteiger partial charge on any atom is -0.495 e. The number of piperidine rings is 1. The van der Waals surface area contributed by atoms with Crippen molar-refractivity contribution in [1.29, 1.82) is 0 Å². The molecule has 1 aliphatic heterocycles. The normalized spacial score (nSPS) is 16.9. The summed E-state index contributed by atoms with van der Waals surface area (Å²) in [5, 5.41) is 5.78. The Kier molecular flexibility index (Phi) is 7.22. The van der Waals surface area contributed by atoms with Gasteiger partial charge in [0.1, 0.15) is 11.6 Å². The molecule has 2 heterocycles. The summed E-state index contributed by atoms with van der Waals surface area (Å²) in [4.78, 5) is 31.3. The highest BCUT2D eigenvalue weighted by Crippen LogP contribution is 2.25. The Morgan fingerprint density at radius 2 is 2.10 bits per heavy atom. The average Bonchev–Trinajstić information content (AvgIpc) is 2.70. The Labute approximate surface area is 179 Å². The zero-order chi connectivity index (χ0) is 20.8. The molecule has 2 N–H and O–H groups in total. The topological polar surface area (TPSA) is 83.6 Å². The molecule has 1 fully saturated rings. The Morgan fingerprint density at radius 1 is 1.28 bits per heavy atom. The summed E-state index contributed by atoms with van der Waals surface area (Å²) in [6.45, 7) is 3.53. The van der Waals surface area contributed by atoms with Crippen LogP contribution in [0.5, 0.6) is 5.75 Å². The first kappa shape index (κ1) is 21.3. The molecule has 2 amide bonds. The van der Waals surface area contributed by atoms with Crippen LogP contribution < -0.4 is 15.4 Å². The molecule has 8 heteroatoms. The van der Waals surface area contributed by atoms with Crippen LogP contribution in [-0.2, 0) is 9.59 Å². The van der Waals surface area contributed by atoms with Gasteiger partial charge in [-0.3, -0.25) is 14.5 Å². The lowest BCUT2D eigenvalue weighted by atomic mass is 9.97. The van der Waals surface area contributed by atoms with Crippen LogP contribution in [0, 0.1) is 12.8 Å². The van der Waals surface area contributed by atoms with Gasteiger partial charge in [0.05, 0.1) is 25.3 Å². The van der Waals surface area contributed by atoms with Crippen molar-refractivity contribution >= 4 is 39.2 Å². The number of ether oxygens (including phenoxy) is 1. The van der Waals surface area contributed by atoms with E-state index < -0.39 is 0 Å². The first-order valence-electron chi connectivity index (χ1n) is 9.54. The lowest BCUT2D eigenvalue weighted by molar-refractivity contribution is -0.123. The summed E-state index contributed by atoms with van der Waals surface area (Å²) in [6.07, 6.45) is 3.31. The number of halogens is 1. The first-order valence-corrected chi connectivity index (χ1v) is 10.3. The van der Waals surface area contributed by atoms with Crippen LogP contribution in [0.2, 0.25) is 0 Å². The van der Waals surface area contributed by atoms with E-state index in [2.05, 4.69) is 31.5 Å². The molecule has 1 atom stereocenters. The number of rotatable bonds is 6. The molecule has 1 aliphatic rings. The molecule has 0 spiro atoms. The maximum atomic E-state index is 12.6. The molecule has 1 unspecified atom stereocenters. The monoisotopic (exact) mass is 460 g/mol. The smallest absolute Gasteiger partial charge is 0.238 e. The molecule has 154 valence electrons. The lowest BCUT2D eigenvalue weighted by Crippen LogP contribution is -2.44. The van der Waals surface area contributed by atoms with E-state index in [1.165, 1.54) is 0 Å². The molecule has 1 aromatic heterocycles. The van der Waals surface area contributed by atoms with Gasteiger partial charge in [0, 0.05) is 17.2 Å². The summed E-state index contributed by atoms with van der Waals surface area (Å²) in [5.74, 6) is 0.798. The Hall–Kier alpha value is -2.45. The number of benzene rings is 1. The molecule has 1 aromatic carbocycles. The number of aromatic nitrogens is 1. The highest BCUT2D eigenvalue weighted by atomic mass is 79.9. The lowest BCUT2D eigenvalue weighted by Gasteiger charge is -2.31. The maximum Gasteiger partial charge on any atom is 0.238 e. The molecule has 3 rings (SSSR count). The number of aryl methyl sites for hydroxylation is 1. The minimum atomic E-state index is -0.171. The third-order valence-electron chi connectivity index (χ3n) is 4.85. The molecular formula is C21H25BrN4O3. The van der Waals surface area contributed by atoms with Crippen molar-refractivity contribution < 1.29 is 14.3 Å².